The lowest BCUT2D eigenvalue weighted by Crippen LogP contribution is -2.38. The van der Waals surface area contributed by atoms with Gasteiger partial charge in [0.1, 0.15) is 12.3 Å². The van der Waals surface area contributed by atoms with Gasteiger partial charge in [-0.2, -0.15) is 4.98 Å². The molecule has 0 aliphatic heterocycles. The van der Waals surface area contributed by atoms with Crippen molar-refractivity contribution >= 4 is 17.6 Å². The van der Waals surface area contributed by atoms with E-state index < -0.39 is 0 Å². The average molecular weight is 403 g/mol. The molecule has 3 rings (SSSR count). The van der Waals surface area contributed by atoms with Gasteiger partial charge >= 0.3 is 0 Å². The van der Waals surface area contributed by atoms with Crippen molar-refractivity contribution in [3.05, 3.63) is 52.5 Å². The first kappa shape index (κ1) is 19.9. The van der Waals surface area contributed by atoms with E-state index >= 15 is 0 Å². The minimum atomic E-state index is 0.366. The Hall–Kier alpha value is -2.87. The van der Waals surface area contributed by atoms with Gasteiger partial charge in [0.15, 0.2) is 5.96 Å². The predicted octanol–water partition coefficient (Wildman–Crippen LogP) is 3.29. The Bertz CT molecular complexity index is 913. The normalized spacial score (nSPS) is 11.6. The van der Waals surface area contributed by atoms with Gasteiger partial charge < -0.3 is 19.6 Å². The number of hydrogen-bond donors (Lipinski definition) is 2. The number of rotatable bonds is 7. The van der Waals surface area contributed by atoms with Crippen molar-refractivity contribution in [3.8, 4) is 11.4 Å². The predicted molar refractivity (Wildman–Crippen MR) is 107 cm³/mol. The molecule has 0 aliphatic rings. The molecule has 0 saturated heterocycles. The summed E-state index contributed by atoms with van der Waals surface area (Å²) in [5.41, 5.74) is 1.75. The second-order valence-electron chi connectivity index (χ2n) is 6.14. The van der Waals surface area contributed by atoms with E-state index in [2.05, 4.69) is 30.8 Å². The van der Waals surface area contributed by atoms with Crippen LogP contribution in [0.1, 0.15) is 30.2 Å². The van der Waals surface area contributed by atoms with E-state index in [0.717, 1.165) is 23.6 Å². The maximum Gasteiger partial charge on any atom is 0.228 e. The van der Waals surface area contributed by atoms with Crippen LogP contribution < -0.4 is 10.6 Å². The number of oxazole rings is 1. The smallest absolute Gasteiger partial charge is 0.228 e. The summed E-state index contributed by atoms with van der Waals surface area (Å²) >= 11 is 5.90. The molecule has 28 heavy (non-hydrogen) atoms. The monoisotopic (exact) mass is 402 g/mol. The zero-order valence-corrected chi connectivity index (χ0v) is 16.9. The number of aromatic nitrogens is 3. The molecule has 0 saturated carbocycles. The van der Waals surface area contributed by atoms with Crippen molar-refractivity contribution < 1.29 is 8.94 Å². The molecule has 0 amide bonds. The topological polar surface area (TPSA) is 101 Å². The number of halogens is 1. The third-order valence-corrected chi connectivity index (χ3v) is 4.24. The molecule has 0 atom stereocenters. The number of nitrogens with one attached hydrogen (secondary N) is 2. The molecule has 0 bridgehead atoms. The van der Waals surface area contributed by atoms with E-state index in [1.54, 1.807) is 12.1 Å². The van der Waals surface area contributed by atoms with Gasteiger partial charge in [0.05, 0.1) is 5.69 Å². The quantitative estimate of drug-likeness (QED) is 0.461. The maximum atomic E-state index is 5.90. The highest BCUT2D eigenvalue weighted by molar-refractivity contribution is 6.30. The molecule has 8 nitrogen and oxygen atoms in total. The lowest BCUT2D eigenvalue weighted by Gasteiger charge is -2.09. The standard InChI is InChI=1S/C19H23ClN6O2/c1-4-21-19(23-11-17-24-12(2)13(3)27-17)22-10-9-16-25-18(26-28-16)14-5-7-15(20)8-6-14/h5-8H,4,9-11H2,1-3H3,(H2,21,22,23). The Balaban J connectivity index is 1.54. The Labute approximate surface area is 168 Å². The summed E-state index contributed by atoms with van der Waals surface area (Å²) in [5, 5.41) is 11.1. The minimum Gasteiger partial charge on any atom is -0.444 e. The molecule has 2 heterocycles. The van der Waals surface area contributed by atoms with E-state index in [9.17, 15) is 0 Å². The Morgan fingerprint density at radius 2 is 1.89 bits per heavy atom. The van der Waals surface area contributed by atoms with E-state index in [-0.39, 0.29) is 0 Å². The molecule has 0 spiro atoms. The van der Waals surface area contributed by atoms with Gasteiger partial charge in [0.2, 0.25) is 17.6 Å². The Morgan fingerprint density at radius 1 is 1.11 bits per heavy atom. The van der Waals surface area contributed by atoms with Crippen LogP contribution in [0.15, 0.2) is 38.2 Å². The van der Waals surface area contributed by atoms with Gasteiger partial charge in [-0.1, -0.05) is 16.8 Å². The SMILES string of the molecule is CCNC(=NCc1nc(C)c(C)o1)NCCc1nc(-c2ccc(Cl)cc2)no1. The summed E-state index contributed by atoms with van der Waals surface area (Å²) in [4.78, 5) is 13.2. The average Bonchev–Trinajstić information content (AvgIpc) is 3.27. The van der Waals surface area contributed by atoms with Gasteiger partial charge in [-0.25, -0.2) is 9.98 Å². The molecule has 1 aromatic carbocycles. The molecule has 0 radical (unpaired) electrons. The summed E-state index contributed by atoms with van der Waals surface area (Å²) in [6.07, 6.45) is 0.572. The van der Waals surface area contributed by atoms with Gasteiger partial charge in [0, 0.05) is 30.1 Å². The van der Waals surface area contributed by atoms with E-state index in [1.807, 2.05) is 32.9 Å². The summed E-state index contributed by atoms with van der Waals surface area (Å²) in [6, 6.07) is 7.31. The van der Waals surface area contributed by atoms with Crippen LogP contribution in [0, 0.1) is 13.8 Å². The van der Waals surface area contributed by atoms with E-state index in [0.29, 0.717) is 48.1 Å². The fourth-order valence-corrected chi connectivity index (χ4v) is 2.58. The van der Waals surface area contributed by atoms with Crippen molar-refractivity contribution in [3.63, 3.8) is 0 Å². The zero-order chi connectivity index (χ0) is 19.9. The first-order valence-corrected chi connectivity index (χ1v) is 9.46. The lowest BCUT2D eigenvalue weighted by atomic mass is 10.2. The van der Waals surface area contributed by atoms with Crippen molar-refractivity contribution in [1.29, 1.82) is 0 Å². The third kappa shape index (κ3) is 5.32. The van der Waals surface area contributed by atoms with Gasteiger partial charge in [-0.3, -0.25) is 0 Å². The first-order chi connectivity index (χ1) is 13.5. The van der Waals surface area contributed by atoms with Crippen molar-refractivity contribution in [2.75, 3.05) is 13.1 Å². The number of aliphatic imine (C=N–C) groups is 1. The molecule has 0 aliphatic carbocycles. The molecule has 148 valence electrons. The van der Waals surface area contributed by atoms with Gasteiger partial charge in [-0.15, -0.1) is 0 Å². The van der Waals surface area contributed by atoms with Crippen LogP contribution in [-0.4, -0.2) is 34.2 Å². The molecule has 3 aromatic rings. The maximum absolute atomic E-state index is 5.90. The van der Waals surface area contributed by atoms with Crippen LogP contribution in [0.3, 0.4) is 0 Å². The largest absolute Gasteiger partial charge is 0.444 e. The highest BCUT2D eigenvalue weighted by Crippen LogP contribution is 2.18. The zero-order valence-electron chi connectivity index (χ0n) is 16.1. The molecule has 2 aromatic heterocycles. The molecule has 2 N–H and O–H groups in total. The van der Waals surface area contributed by atoms with Crippen LogP contribution in [0.4, 0.5) is 0 Å². The number of hydrogen-bond acceptors (Lipinski definition) is 6. The van der Waals surface area contributed by atoms with Crippen LogP contribution in [0.5, 0.6) is 0 Å². The highest BCUT2D eigenvalue weighted by atomic mass is 35.5. The van der Waals surface area contributed by atoms with Crippen LogP contribution in [0.2, 0.25) is 5.02 Å². The lowest BCUT2D eigenvalue weighted by molar-refractivity contribution is 0.378. The second kappa shape index (κ2) is 9.36. The van der Waals surface area contributed by atoms with Gasteiger partial charge in [0.25, 0.3) is 0 Å². The number of nitrogens with zero attached hydrogens (tertiary/aromatic N) is 4. The molecular weight excluding hydrogens is 380 g/mol. The first-order valence-electron chi connectivity index (χ1n) is 9.08. The highest BCUT2D eigenvalue weighted by Gasteiger charge is 2.09. The number of aryl methyl sites for hydroxylation is 2. The fraction of sp³-hybridized carbons (Fsp3) is 0.368. The van der Waals surface area contributed by atoms with E-state index in [1.165, 1.54) is 0 Å². The summed E-state index contributed by atoms with van der Waals surface area (Å²) in [7, 11) is 0. The molecular formula is C19H23ClN6O2. The third-order valence-electron chi connectivity index (χ3n) is 3.99. The molecule has 0 fully saturated rings. The molecule has 0 unspecified atom stereocenters. The van der Waals surface area contributed by atoms with E-state index in [4.69, 9.17) is 20.5 Å². The summed E-state index contributed by atoms with van der Waals surface area (Å²) in [6.45, 7) is 7.52. The van der Waals surface area contributed by atoms with Crippen molar-refractivity contribution in [2.24, 2.45) is 4.99 Å². The Morgan fingerprint density at radius 3 is 2.57 bits per heavy atom. The van der Waals surface area contributed by atoms with Crippen molar-refractivity contribution in [1.82, 2.24) is 25.8 Å². The van der Waals surface area contributed by atoms with Crippen LogP contribution in [0.25, 0.3) is 11.4 Å². The number of guanidine groups is 1. The van der Waals surface area contributed by atoms with Crippen LogP contribution >= 0.6 is 11.6 Å². The fourth-order valence-electron chi connectivity index (χ4n) is 2.46. The molecule has 9 heteroatoms. The summed E-state index contributed by atoms with van der Waals surface area (Å²) in [5.74, 6) is 3.18. The summed E-state index contributed by atoms with van der Waals surface area (Å²) < 4.78 is 10.9. The van der Waals surface area contributed by atoms with Crippen LogP contribution in [-0.2, 0) is 13.0 Å². The number of benzene rings is 1. The van der Waals surface area contributed by atoms with Crippen molar-refractivity contribution in [2.45, 2.75) is 33.7 Å². The minimum absolute atomic E-state index is 0.366. The Kier molecular flexibility index (Phi) is 6.65. The second-order valence-corrected chi connectivity index (χ2v) is 6.58. The van der Waals surface area contributed by atoms with Gasteiger partial charge in [-0.05, 0) is 45.0 Å².